The molecule has 2 aromatic heterocycles. The second-order valence-electron chi connectivity index (χ2n) is 10.8. The first kappa shape index (κ1) is 26.8. The van der Waals surface area contributed by atoms with Crippen LogP contribution in [0.5, 0.6) is 0 Å². The summed E-state index contributed by atoms with van der Waals surface area (Å²) in [6, 6.07) is 10.4. The minimum atomic E-state index is -1.09. The zero-order valence-electron chi connectivity index (χ0n) is 21.7. The maximum atomic E-state index is 11.3. The molecule has 3 fully saturated rings. The molecular weight excluding hydrogens is 591 g/mol. The van der Waals surface area contributed by atoms with Gasteiger partial charge in [-0.15, -0.1) is 0 Å². The molecule has 9 nitrogen and oxygen atoms in total. The molecule has 41 heavy (non-hydrogen) atoms. The third kappa shape index (κ3) is 4.99. The van der Waals surface area contributed by atoms with Crippen molar-refractivity contribution in [3.8, 4) is 22.7 Å². The highest BCUT2D eigenvalue weighted by atomic mass is 35.5. The lowest BCUT2D eigenvalue weighted by Crippen LogP contribution is -2.46. The molecule has 0 amide bonds. The number of fused-ring (bicyclic) bond motifs is 2. The highest BCUT2D eigenvalue weighted by Crippen LogP contribution is 2.47. The Balaban J connectivity index is 1.07. The Kier molecular flexibility index (Phi) is 6.93. The molecule has 0 spiro atoms. The van der Waals surface area contributed by atoms with Gasteiger partial charge in [0.15, 0.2) is 0 Å². The number of anilines is 1. The van der Waals surface area contributed by atoms with Crippen molar-refractivity contribution in [2.45, 2.75) is 69.2 Å². The predicted octanol–water partition coefficient (Wildman–Crippen LogP) is 7.64. The van der Waals surface area contributed by atoms with Crippen LogP contribution in [0.25, 0.3) is 22.7 Å². The molecule has 1 unspecified atom stereocenters. The highest BCUT2D eigenvalue weighted by Gasteiger charge is 2.43. The molecule has 3 aliphatic rings. The van der Waals surface area contributed by atoms with E-state index < -0.39 is 5.97 Å². The highest BCUT2D eigenvalue weighted by molar-refractivity contribution is 6.39. The fourth-order valence-corrected chi connectivity index (χ4v) is 6.94. The minimum Gasteiger partial charge on any atom is -0.478 e. The number of benzene rings is 2. The number of halogens is 3. The van der Waals surface area contributed by atoms with Crippen molar-refractivity contribution >= 4 is 46.7 Å². The first-order valence-electron chi connectivity index (χ1n) is 13.6. The summed E-state index contributed by atoms with van der Waals surface area (Å²) >= 11 is 19.2. The monoisotopic (exact) mass is 614 g/mol. The second-order valence-corrected chi connectivity index (χ2v) is 12.1. The van der Waals surface area contributed by atoms with Gasteiger partial charge < -0.3 is 23.8 Å². The number of carbonyl (C=O) groups is 1. The summed E-state index contributed by atoms with van der Waals surface area (Å²) in [5.41, 5.74) is 2.84. The lowest BCUT2D eigenvalue weighted by atomic mass is 9.99. The van der Waals surface area contributed by atoms with Crippen molar-refractivity contribution in [2.75, 3.05) is 4.90 Å². The van der Waals surface area contributed by atoms with E-state index in [9.17, 15) is 9.90 Å². The zero-order valence-corrected chi connectivity index (χ0v) is 24.0. The standard InChI is InChI=1S/C29H25Cl3N4O5/c30-21-2-1-3-22(31)24(21)25-20(26(40-34-25)14-4-5-14)13-39-18-11-16-7-8-17(12-18)36(16)29-33-27(41-35-29)15-6-9-19(28(37)38)23(32)10-15/h1-3,6,9-10,14,16-18H,4-5,7-8,11-13H2,(H,37,38)/t16-,17+,18?. The van der Waals surface area contributed by atoms with Crippen LogP contribution in [-0.2, 0) is 11.3 Å². The van der Waals surface area contributed by atoms with Crippen molar-refractivity contribution in [3.63, 3.8) is 0 Å². The molecule has 1 saturated carbocycles. The van der Waals surface area contributed by atoms with Gasteiger partial charge in [0.05, 0.1) is 33.3 Å². The van der Waals surface area contributed by atoms with Gasteiger partial charge in [-0.1, -0.05) is 46.0 Å². The molecule has 1 aliphatic carbocycles. The van der Waals surface area contributed by atoms with E-state index in [-0.39, 0.29) is 28.8 Å². The van der Waals surface area contributed by atoms with Crippen LogP contribution >= 0.6 is 34.8 Å². The van der Waals surface area contributed by atoms with E-state index in [0.717, 1.165) is 49.8 Å². The number of piperidine rings is 1. The Labute approximate surface area is 250 Å². The topological polar surface area (TPSA) is 115 Å². The molecule has 0 radical (unpaired) electrons. The van der Waals surface area contributed by atoms with Crippen LogP contribution < -0.4 is 4.90 Å². The average molecular weight is 616 g/mol. The van der Waals surface area contributed by atoms with E-state index in [4.69, 9.17) is 48.6 Å². The van der Waals surface area contributed by atoms with Crippen LogP contribution in [0.2, 0.25) is 15.1 Å². The van der Waals surface area contributed by atoms with Gasteiger partial charge in [-0.05, 0) is 74.0 Å². The summed E-state index contributed by atoms with van der Waals surface area (Å²) in [7, 11) is 0. The summed E-state index contributed by atoms with van der Waals surface area (Å²) < 4.78 is 17.9. The summed E-state index contributed by atoms with van der Waals surface area (Å²) in [5.74, 6) is 0.952. The molecular formula is C29H25Cl3N4O5. The van der Waals surface area contributed by atoms with Gasteiger partial charge in [-0.3, -0.25) is 0 Å². The number of ether oxygens (including phenoxy) is 1. The molecule has 12 heteroatoms. The predicted molar refractivity (Wildman–Crippen MR) is 153 cm³/mol. The van der Waals surface area contributed by atoms with E-state index in [1.54, 1.807) is 18.2 Å². The Bertz CT molecular complexity index is 1600. The molecule has 1 N–H and O–H groups in total. The first-order valence-corrected chi connectivity index (χ1v) is 14.7. The lowest BCUT2D eigenvalue weighted by Gasteiger charge is -2.37. The first-order chi connectivity index (χ1) is 19.9. The minimum absolute atomic E-state index is 0.0211. The molecule has 2 aliphatic heterocycles. The van der Waals surface area contributed by atoms with Crippen molar-refractivity contribution in [3.05, 3.63) is 68.4 Å². The molecule has 212 valence electrons. The normalized spacial score (nSPS) is 21.9. The van der Waals surface area contributed by atoms with E-state index >= 15 is 0 Å². The number of hydrogen-bond acceptors (Lipinski definition) is 8. The summed E-state index contributed by atoms with van der Waals surface area (Å²) in [6.07, 6.45) is 5.86. The fourth-order valence-electron chi connectivity index (χ4n) is 6.10. The van der Waals surface area contributed by atoms with Gasteiger partial charge in [-0.2, -0.15) is 4.98 Å². The number of carboxylic acids is 1. The molecule has 3 atom stereocenters. The fraction of sp³-hybridized carbons (Fsp3) is 0.379. The maximum absolute atomic E-state index is 11.3. The van der Waals surface area contributed by atoms with Gasteiger partial charge in [0.2, 0.25) is 0 Å². The van der Waals surface area contributed by atoms with E-state index in [2.05, 4.69) is 20.2 Å². The van der Waals surface area contributed by atoms with Crippen LogP contribution in [0.15, 0.2) is 45.4 Å². The Morgan fingerprint density at radius 1 is 0.976 bits per heavy atom. The molecule has 7 rings (SSSR count). The smallest absolute Gasteiger partial charge is 0.337 e. The second kappa shape index (κ2) is 10.6. The SMILES string of the molecule is O=C(O)c1ccc(-c2nc(N3[C@@H]4CC[C@H]3CC(OCc3c(-c5c(Cl)cccc5Cl)noc3C3CC3)C4)no2)cc1Cl. The van der Waals surface area contributed by atoms with Crippen LogP contribution in [0.1, 0.15) is 66.1 Å². The number of rotatable bonds is 8. The number of nitrogens with zero attached hydrogens (tertiary/aromatic N) is 4. The molecule has 4 aromatic rings. The number of carboxylic acid groups (broad SMARTS) is 1. The molecule has 2 saturated heterocycles. The van der Waals surface area contributed by atoms with Crippen molar-refractivity contribution in [1.82, 2.24) is 15.3 Å². The van der Waals surface area contributed by atoms with Gasteiger partial charge in [0.1, 0.15) is 11.5 Å². The van der Waals surface area contributed by atoms with Gasteiger partial charge in [-0.25, -0.2) is 4.79 Å². The summed E-state index contributed by atoms with van der Waals surface area (Å²) in [4.78, 5) is 18.1. The quantitative estimate of drug-likeness (QED) is 0.213. The maximum Gasteiger partial charge on any atom is 0.337 e. The third-order valence-corrected chi connectivity index (χ3v) is 9.15. The van der Waals surface area contributed by atoms with E-state index in [0.29, 0.717) is 51.2 Å². The van der Waals surface area contributed by atoms with E-state index in [1.165, 1.54) is 12.1 Å². The molecule has 2 bridgehead atoms. The number of hydrogen-bond donors (Lipinski definition) is 1. The van der Waals surface area contributed by atoms with Gasteiger partial charge >= 0.3 is 5.97 Å². The van der Waals surface area contributed by atoms with Gasteiger partial charge in [0, 0.05) is 34.7 Å². The van der Waals surface area contributed by atoms with Crippen LogP contribution in [0.4, 0.5) is 5.95 Å². The van der Waals surface area contributed by atoms with Crippen molar-refractivity contribution < 1.29 is 23.7 Å². The zero-order chi connectivity index (χ0) is 28.2. The Morgan fingerprint density at radius 3 is 2.37 bits per heavy atom. The molecule has 4 heterocycles. The average Bonchev–Trinajstić information content (AvgIpc) is 3.41. The van der Waals surface area contributed by atoms with Crippen LogP contribution in [-0.4, -0.2) is 44.6 Å². The van der Waals surface area contributed by atoms with Crippen LogP contribution in [0, 0.1) is 0 Å². The third-order valence-electron chi connectivity index (χ3n) is 8.21. The van der Waals surface area contributed by atoms with Crippen LogP contribution in [0.3, 0.4) is 0 Å². The number of aromatic nitrogens is 3. The summed E-state index contributed by atoms with van der Waals surface area (Å²) in [6.45, 7) is 0.371. The van der Waals surface area contributed by atoms with Crippen molar-refractivity contribution in [2.24, 2.45) is 0 Å². The Morgan fingerprint density at radius 2 is 1.71 bits per heavy atom. The number of aromatic carboxylic acids is 1. The van der Waals surface area contributed by atoms with E-state index in [1.807, 2.05) is 6.07 Å². The van der Waals surface area contributed by atoms with Crippen molar-refractivity contribution in [1.29, 1.82) is 0 Å². The Hall–Kier alpha value is -3.11. The lowest BCUT2D eigenvalue weighted by molar-refractivity contribution is 0.0144. The summed E-state index contributed by atoms with van der Waals surface area (Å²) in [5, 5.41) is 19.0. The van der Waals surface area contributed by atoms with Gasteiger partial charge in [0.25, 0.3) is 11.8 Å². The largest absolute Gasteiger partial charge is 0.478 e. The molecule has 2 aromatic carbocycles.